The van der Waals surface area contributed by atoms with Crippen LogP contribution in [0.3, 0.4) is 0 Å². The highest BCUT2D eigenvalue weighted by Gasteiger charge is 2.20. The Bertz CT molecular complexity index is 735. The molecular formula is C15H22N6O3. The molecule has 2 aromatic rings. The summed E-state index contributed by atoms with van der Waals surface area (Å²) in [4.78, 5) is 22.5. The van der Waals surface area contributed by atoms with Crippen molar-refractivity contribution in [3.05, 3.63) is 40.0 Å². The van der Waals surface area contributed by atoms with Crippen molar-refractivity contribution in [1.82, 2.24) is 24.9 Å². The first-order valence-corrected chi connectivity index (χ1v) is 7.83. The summed E-state index contributed by atoms with van der Waals surface area (Å²) in [6.07, 6.45) is 4.43. The molecule has 0 aliphatic rings. The minimum absolute atomic E-state index is 0.0846. The van der Waals surface area contributed by atoms with Crippen molar-refractivity contribution in [3.8, 4) is 0 Å². The van der Waals surface area contributed by atoms with E-state index in [-0.39, 0.29) is 30.1 Å². The molecule has 24 heavy (non-hydrogen) atoms. The molecule has 2 atom stereocenters. The van der Waals surface area contributed by atoms with E-state index in [0.717, 1.165) is 17.8 Å². The highest BCUT2D eigenvalue weighted by molar-refractivity contribution is 5.78. The average Bonchev–Trinajstić information content (AvgIpc) is 3.13. The predicted octanol–water partition coefficient (Wildman–Crippen LogP) is 1.83. The Morgan fingerprint density at radius 3 is 2.62 bits per heavy atom. The number of nitro groups is 1. The van der Waals surface area contributed by atoms with Gasteiger partial charge < -0.3 is 5.32 Å². The van der Waals surface area contributed by atoms with Crippen molar-refractivity contribution >= 4 is 11.6 Å². The second kappa shape index (κ2) is 7.24. The molecule has 0 aliphatic carbocycles. The van der Waals surface area contributed by atoms with Crippen LogP contribution < -0.4 is 5.32 Å². The maximum atomic E-state index is 12.3. The minimum atomic E-state index is -0.509. The number of carbonyl (C=O) groups excluding carboxylic acids is 1. The number of aromatic nitrogens is 4. The lowest BCUT2D eigenvalue weighted by Crippen LogP contribution is -2.33. The van der Waals surface area contributed by atoms with Crippen molar-refractivity contribution in [3.63, 3.8) is 0 Å². The summed E-state index contributed by atoms with van der Waals surface area (Å²) in [5.74, 6) is -0.502. The molecule has 2 unspecified atom stereocenters. The first-order valence-electron chi connectivity index (χ1n) is 7.83. The zero-order chi connectivity index (χ0) is 17.9. The van der Waals surface area contributed by atoms with Crippen molar-refractivity contribution in [2.45, 2.75) is 46.8 Å². The molecule has 0 saturated carbocycles. The molecule has 2 heterocycles. The number of hydrogen-bond acceptors (Lipinski definition) is 5. The van der Waals surface area contributed by atoms with Gasteiger partial charge >= 0.3 is 5.69 Å². The van der Waals surface area contributed by atoms with Gasteiger partial charge in [0.05, 0.1) is 29.1 Å². The Morgan fingerprint density at radius 1 is 1.38 bits per heavy atom. The number of nitrogens with one attached hydrogen (secondary N) is 1. The molecule has 1 amide bonds. The third kappa shape index (κ3) is 3.98. The van der Waals surface area contributed by atoms with Gasteiger partial charge in [0.25, 0.3) is 0 Å². The predicted molar refractivity (Wildman–Crippen MR) is 87.2 cm³/mol. The number of amides is 1. The lowest BCUT2D eigenvalue weighted by Gasteiger charge is -2.17. The zero-order valence-electron chi connectivity index (χ0n) is 14.3. The highest BCUT2D eigenvalue weighted by atomic mass is 16.6. The summed E-state index contributed by atoms with van der Waals surface area (Å²) in [7, 11) is 0. The fourth-order valence-electron chi connectivity index (χ4n) is 2.46. The van der Waals surface area contributed by atoms with Crippen molar-refractivity contribution in [1.29, 1.82) is 0 Å². The van der Waals surface area contributed by atoms with Crippen LogP contribution in [-0.2, 0) is 17.9 Å². The Hall–Kier alpha value is -2.71. The number of carbonyl (C=O) groups is 1. The molecule has 0 aromatic carbocycles. The van der Waals surface area contributed by atoms with E-state index in [1.165, 1.54) is 17.1 Å². The Balaban J connectivity index is 1.97. The van der Waals surface area contributed by atoms with E-state index >= 15 is 0 Å². The third-order valence-corrected chi connectivity index (χ3v) is 3.87. The number of rotatable bonds is 7. The fraction of sp³-hybridized carbons (Fsp3) is 0.533. The molecule has 0 spiro atoms. The minimum Gasteiger partial charge on any atom is -0.349 e. The SMILES string of the molecule is CCn1cc(C(C)NC(=O)C(C)Cn2cc([N+](=O)[O-])cn2)c(C)n1. The third-order valence-electron chi connectivity index (χ3n) is 3.87. The topological polar surface area (TPSA) is 108 Å². The molecule has 2 rings (SSSR count). The monoisotopic (exact) mass is 334 g/mol. The number of aryl methyl sites for hydroxylation is 2. The van der Waals surface area contributed by atoms with E-state index in [0.29, 0.717) is 0 Å². The van der Waals surface area contributed by atoms with Gasteiger partial charge in [0, 0.05) is 18.3 Å². The van der Waals surface area contributed by atoms with Crippen LogP contribution >= 0.6 is 0 Å². The van der Waals surface area contributed by atoms with Crippen LogP contribution in [-0.4, -0.2) is 30.4 Å². The fourth-order valence-corrected chi connectivity index (χ4v) is 2.46. The molecule has 9 heteroatoms. The summed E-state index contributed by atoms with van der Waals surface area (Å²) < 4.78 is 3.24. The van der Waals surface area contributed by atoms with Gasteiger partial charge in [0.2, 0.25) is 5.91 Å². The van der Waals surface area contributed by atoms with E-state index in [1.807, 2.05) is 31.6 Å². The normalized spacial score (nSPS) is 13.5. The Morgan fingerprint density at radius 2 is 2.08 bits per heavy atom. The van der Waals surface area contributed by atoms with Gasteiger partial charge in [-0.3, -0.25) is 24.3 Å². The van der Waals surface area contributed by atoms with Gasteiger partial charge in [-0.1, -0.05) is 6.92 Å². The summed E-state index contributed by atoms with van der Waals surface area (Å²) >= 11 is 0. The van der Waals surface area contributed by atoms with Crippen molar-refractivity contribution < 1.29 is 9.72 Å². The molecule has 0 bridgehead atoms. The molecule has 9 nitrogen and oxygen atoms in total. The summed E-state index contributed by atoms with van der Waals surface area (Å²) in [5, 5.41) is 21.9. The van der Waals surface area contributed by atoms with Crippen LogP contribution in [0.25, 0.3) is 0 Å². The Labute approximate surface area is 139 Å². The van der Waals surface area contributed by atoms with Gasteiger partial charge in [0.15, 0.2) is 0 Å². The standard InChI is InChI=1S/C15H22N6O3/c1-5-19-9-14(12(4)18-19)11(3)17-15(22)10(2)7-20-8-13(6-16-20)21(23)24/h6,8-11H,5,7H2,1-4H3,(H,17,22). The molecule has 0 aliphatic heterocycles. The molecule has 130 valence electrons. The van der Waals surface area contributed by atoms with Crippen molar-refractivity contribution in [2.24, 2.45) is 5.92 Å². The second-order valence-corrected chi connectivity index (χ2v) is 5.83. The molecule has 2 aromatic heterocycles. The van der Waals surface area contributed by atoms with Gasteiger partial charge in [-0.15, -0.1) is 0 Å². The first kappa shape index (κ1) is 17.6. The average molecular weight is 334 g/mol. The maximum Gasteiger partial charge on any atom is 0.306 e. The van der Waals surface area contributed by atoms with Crippen LogP contribution in [0.1, 0.15) is 38.1 Å². The van der Waals surface area contributed by atoms with E-state index in [9.17, 15) is 14.9 Å². The van der Waals surface area contributed by atoms with Gasteiger partial charge in [-0.05, 0) is 20.8 Å². The quantitative estimate of drug-likeness (QED) is 0.614. The van der Waals surface area contributed by atoms with Gasteiger partial charge in [-0.25, -0.2) is 0 Å². The molecule has 1 N–H and O–H groups in total. The first-order chi connectivity index (χ1) is 11.3. The zero-order valence-corrected chi connectivity index (χ0v) is 14.3. The van der Waals surface area contributed by atoms with Crippen LogP contribution in [0.5, 0.6) is 0 Å². The largest absolute Gasteiger partial charge is 0.349 e. The van der Waals surface area contributed by atoms with Crippen LogP contribution in [0.2, 0.25) is 0 Å². The summed E-state index contributed by atoms with van der Waals surface area (Å²) in [6, 6.07) is -0.160. The van der Waals surface area contributed by atoms with Crippen molar-refractivity contribution in [2.75, 3.05) is 0 Å². The Kier molecular flexibility index (Phi) is 5.32. The van der Waals surface area contributed by atoms with Crippen LogP contribution in [0, 0.1) is 23.0 Å². The smallest absolute Gasteiger partial charge is 0.306 e. The highest BCUT2D eigenvalue weighted by Crippen LogP contribution is 2.17. The van der Waals surface area contributed by atoms with Crippen LogP contribution in [0.4, 0.5) is 5.69 Å². The van der Waals surface area contributed by atoms with E-state index in [2.05, 4.69) is 15.5 Å². The van der Waals surface area contributed by atoms with E-state index < -0.39 is 4.92 Å². The second-order valence-electron chi connectivity index (χ2n) is 5.83. The van der Waals surface area contributed by atoms with Gasteiger partial charge in [0.1, 0.15) is 12.4 Å². The summed E-state index contributed by atoms with van der Waals surface area (Å²) in [5.41, 5.74) is 1.78. The lowest BCUT2D eigenvalue weighted by atomic mass is 10.1. The molecule has 0 radical (unpaired) electrons. The maximum absolute atomic E-state index is 12.3. The summed E-state index contributed by atoms with van der Waals surface area (Å²) in [6.45, 7) is 8.64. The molecular weight excluding hydrogens is 312 g/mol. The molecule has 0 saturated heterocycles. The van der Waals surface area contributed by atoms with Gasteiger partial charge in [-0.2, -0.15) is 10.2 Å². The number of nitrogens with zero attached hydrogens (tertiary/aromatic N) is 5. The molecule has 0 fully saturated rings. The van der Waals surface area contributed by atoms with E-state index in [4.69, 9.17) is 0 Å². The van der Waals surface area contributed by atoms with Crippen LogP contribution in [0.15, 0.2) is 18.6 Å². The lowest BCUT2D eigenvalue weighted by molar-refractivity contribution is -0.385. The number of hydrogen-bond donors (Lipinski definition) is 1. The van der Waals surface area contributed by atoms with E-state index in [1.54, 1.807) is 6.92 Å².